The van der Waals surface area contributed by atoms with Gasteiger partial charge >= 0.3 is 5.97 Å². The van der Waals surface area contributed by atoms with Gasteiger partial charge < -0.3 is 4.74 Å². The molecule has 0 aromatic heterocycles. The zero-order valence-electron chi connectivity index (χ0n) is 15.4. The SMILES string of the molecule is CC(=O)c1ccc(S(=O)(=O)NCCCC(=O)OCc2ccccc2C)cc1. The molecule has 0 amide bonds. The molecule has 2 aromatic rings. The molecule has 0 aliphatic heterocycles. The Bertz CT molecular complexity index is 904. The van der Waals surface area contributed by atoms with Crippen molar-refractivity contribution in [2.45, 2.75) is 38.2 Å². The molecule has 0 saturated heterocycles. The number of ether oxygens (including phenoxy) is 1. The minimum atomic E-state index is -3.67. The molecule has 7 heteroatoms. The maximum absolute atomic E-state index is 12.2. The average molecular weight is 389 g/mol. The van der Waals surface area contributed by atoms with Crippen LogP contribution in [0.1, 0.15) is 41.3 Å². The van der Waals surface area contributed by atoms with E-state index in [1.54, 1.807) is 0 Å². The number of rotatable bonds is 9. The second kappa shape index (κ2) is 9.43. The predicted molar refractivity (Wildman–Crippen MR) is 102 cm³/mol. The number of benzene rings is 2. The van der Waals surface area contributed by atoms with E-state index in [0.717, 1.165) is 11.1 Å². The van der Waals surface area contributed by atoms with Crippen molar-refractivity contribution in [1.29, 1.82) is 0 Å². The number of carbonyl (C=O) groups excluding carboxylic acids is 2. The monoisotopic (exact) mass is 389 g/mol. The van der Waals surface area contributed by atoms with Crippen LogP contribution in [-0.4, -0.2) is 26.7 Å². The number of aryl methyl sites for hydroxylation is 1. The largest absolute Gasteiger partial charge is 0.461 e. The molecular weight excluding hydrogens is 366 g/mol. The van der Waals surface area contributed by atoms with Crippen LogP contribution in [0.5, 0.6) is 0 Å². The molecule has 0 unspecified atom stereocenters. The van der Waals surface area contributed by atoms with Gasteiger partial charge in [-0.2, -0.15) is 0 Å². The first-order chi connectivity index (χ1) is 12.8. The molecule has 2 rings (SSSR count). The van der Waals surface area contributed by atoms with Crippen LogP contribution in [0.25, 0.3) is 0 Å². The van der Waals surface area contributed by atoms with Crippen molar-refractivity contribution in [2.24, 2.45) is 0 Å². The highest BCUT2D eigenvalue weighted by atomic mass is 32.2. The van der Waals surface area contributed by atoms with Crippen molar-refractivity contribution in [3.8, 4) is 0 Å². The highest BCUT2D eigenvalue weighted by molar-refractivity contribution is 7.89. The van der Waals surface area contributed by atoms with Gasteiger partial charge in [0.15, 0.2) is 5.78 Å². The molecule has 144 valence electrons. The van der Waals surface area contributed by atoms with Gasteiger partial charge in [-0.05, 0) is 43.5 Å². The van der Waals surface area contributed by atoms with Gasteiger partial charge in [0.2, 0.25) is 10.0 Å². The highest BCUT2D eigenvalue weighted by Crippen LogP contribution is 2.12. The van der Waals surface area contributed by atoms with Gasteiger partial charge in [-0.1, -0.05) is 36.4 Å². The Morgan fingerprint density at radius 3 is 2.33 bits per heavy atom. The number of sulfonamides is 1. The van der Waals surface area contributed by atoms with Crippen LogP contribution in [0.2, 0.25) is 0 Å². The summed E-state index contributed by atoms with van der Waals surface area (Å²) in [5, 5.41) is 0. The fourth-order valence-electron chi connectivity index (χ4n) is 2.39. The third-order valence-electron chi connectivity index (χ3n) is 4.07. The Labute approximate surface area is 159 Å². The number of hydrogen-bond acceptors (Lipinski definition) is 5. The van der Waals surface area contributed by atoms with Crippen LogP contribution in [0.15, 0.2) is 53.4 Å². The van der Waals surface area contributed by atoms with Crippen molar-refractivity contribution in [3.63, 3.8) is 0 Å². The van der Waals surface area contributed by atoms with Gasteiger partial charge in [-0.15, -0.1) is 0 Å². The van der Waals surface area contributed by atoms with E-state index < -0.39 is 10.0 Å². The number of carbonyl (C=O) groups is 2. The maximum Gasteiger partial charge on any atom is 0.306 e. The maximum atomic E-state index is 12.2. The van der Waals surface area contributed by atoms with Gasteiger partial charge in [0, 0.05) is 18.5 Å². The second-order valence-electron chi connectivity index (χ2n) is 6.17. The van der Waals surface area contributed by atoms with Crippen LogP contribution in [0.3, 0.4) is 0 Å². The third-order valence-corrected chi connectivity index (χ3v) is 5.55. The Kier molecular flexibility index (Phi) is 7.27. The summed E-state index contributed by atoms with van der Waals surface area (Å²) < 4.78 is 32.0. The van der Waals surface area contributed by atoms with Crippen LogP contribution in [-0.2, 0) is 26.2 Å². The Balaban J connectivity index is 1.75. The van der Waals surface area contributed by atoms with Crippen LogP contribution in [0.4, 0.5) is 0 Å². The summed E-state index contributed by atoms with van der Waals surface area (Å²) in [5.74, 6) is -0.501. The molecule has 0 bridgehead atoms. The van der Waals surface area contributed by atoms with Gasteiger partial charge in [0.1, 0.15) is 6.61 Å². The number of hydrogen-bond donors (Lipinski definition) is 1. The molecule has 1 N–H and O–H groups in total. The topological polar surface area (TPSA) is 89.5 Å². The highest BCUT2D eigenvalue weighted by Gasteiger charge is 2.14. The summed E-state index contributed by atoms with van der Waals surface area (Å²) >= 11 is 0. The first-order valence-corrected chi connectivity index (χ1v) is 10.1. The standard InChI is InChI=1S/C20H23NO5S/c1-15-6-3-4-7-18(15)14-26-20(23)8-5-13-21-27(24,25)19-11-9-17(10-12-19)16(2)22/h3-4,6-7,9-12,21H,5,8,13-14H2,1-2H3. The van der Waals surface area contributed by atoms with Gasteiger partial charge in [-0.25, -0.2) is 13.1 Å². The van der Waals surface area contributed by atoms with Gasteiger partial charge in [0.25, 0.3) is 0 Å². The number of esters is 1. The van der Waals surface area contributed by atoms with E-state index in [4.69, 9.17) is 4.74 Å². The van der Waals surface area contributed by atoms with E-state index in [2.05, 4.69) is 4.72 Å². The first-order valence-electron chi connectivity index (χ1n) is 8.60. The molecule has 0 aliphatic rings. The van der Waals surface area contributed by atoms with E-state index in [-0.39, 0.29) is 36.2 Å². The summed E-state index contributed by atoms with van der Waals surface area (Å²) in [7, 11) is -3.67. The molecular formula is C20H23NO5S. The van der Waals surface area contributed by atoms with Crippen molar-refractivity contribution >= 4 is 21.8 Å². The molecule has 0 spiro atoms. The van der Waals surface area contributed by atoms with Crippen LogP contribution >= 0.6 is 0 Å². The van der Waals surface area contributed by atoms with Crippen molar-refractivity contribution < 1.29 is 22.7 Å². The lowest BCUT2D eigenvalue weighted by Crippen LogP contribution is -2.25. The third kappa shape index (κ3) is 6.30. The molecule has 0 atom stereocenters. The van der Waals surface area contributed by atoms with E-state index in [1.807, 2.05) is 31.2 Å². The Morgan fingerprint density at radius 2 is 1.70 bits per heavy atom. The first kappa shape index (κ1) is 20.8. The molecule has 0 aliphatic carbocycles. The minimum absolute atomic E-state index is 0.0784. The summed E-state index contributed by atoms with van der Waals surface area (Å²) in [5.41, 5.74) is 2.44. The van der Waals surface area contributed by atoms with Crippen molar-refractivity contribution in [1.82, 2.24) is 4.72 Å². The number of Topliss-reactive ketones (excluding diaryl/α,β-unsaturated/α-hetero) is 1. The van der Waals surface area contributed by atoms with Crippen molar-refractivity contribution in [2.75, 3.05) is 6.54 Å². The minimum Gasteiger partial charge on any atom is -0.461 e. The zero-order valence-corrected chi connectivity index (χ0v) is 16.2. The van der Waals surface area contributed by atoms with Crippen LogP contribution < -0.4 is 4.72 Å². The Hall–Kier alpha value is -2.51. The van der Waals surface area contributed by atoms with E-state index >= 15 is 0 Å². The normalized spacial score (nSPS) is 11.2. The quantitative estimate of drug-likeness (QED) is 0.405. The molecule has 27 heavy (non-hydrogen) atoms. The fraction of sp³-hybridized carbons (Fsp3) is 0.300. The smallest absolute Gasteiger partial charge is 0.306 e. The molecule has 0 saturated carbocycles. The van der Waals surface area contributed by atoms with Gasteiger partial charge in [0.05, 0.1) is 4.90 Å². The summed E-state index contributed by atoms with van der Waals surface area (Å²) in [6.07, 6.45) is 0.453. The molecule has 2 aromatic carbocycles. The summed E-state index contributed by atoms with van der Waals surface area (Å²) in [4.78, 5) is 23.1. The lowest BCUT2D eigenvalue weighted by Gasteiger charge is -2.09. The Morgan fingerprint density at radius 1 is 1.04 bits per heavy atom. The molecule has 6 nitrogen and oxygen atoms in total. The van der Waals surface area contributed by atoms with Gasteiger partial charge in [-0.3, -0.25) is 9.59 Å². The summed E-state index contributed by atoms with van der Waals surface area (Å²) in [6, 6.07) is 13.4. The predicted octanol–water partition coefficient (Wildman–Crippen LogP) is 3.00. The number of nitrogens with one attached hydrogen (secondary N) is 1. The average Bonchev–Trinajstić information content (AvgIpc) is 2.64. The molecule has 0 fully saturated rings. The lowest BCUT2D eigenvalue weighted by atomic mass is 10.1. The number of ketones is 1. The van der Waals surface area contributed by atoms with Crippen LogP contribution in [0, 0.1) is 6.92 Å². The van der Waals surface area contributed by atoms with E-state index in [1.165, 1.54) is 31.2 Å². The van der Waals surface area contributed by atoms with Crippen molar-refractivity contribution in [3.05, 3.63) is 65.2 Å². The fourth-order valence-corrected chi connectivity index (χ4v) is 3.47. The molecule has 0 radical (unpaired) electrons. The van der Waals surface area contributed by atoms with E-state index in [9.17, 15) is 18.0 Å². The molecule has 0 heterocycles. The second-order valence-corrected chi connectivity index (χ2v) is 7.94. The lowest BCUT2D eigenvalue weighted by molar-refractivity contribution is -0.145. The zero-order chi connectivity index (χ0) is 19.9. The van der Waals surface area contributed by atoms with E-state index in [0.29, 0.717) is 12.0 Å². The summed E-state index contributed by atoms with van der Waals surface area (Å²) in [6.45, 7) is 3.69.